The molecule has 0 aliphatic carbocycles. The van der Waals surface area contributed by atoms with Crippen molar-refractivity contribution in [2.24, 2.45) is 5.92 Å². The second-order valence-electron chi connectivity index (χ2n) is 4.63. The number of rotatable bonds is 2. The molecule has 19 heavy (non-hydrogen) atoms. The number of carbonyl (C=O) groups is 2. The first-order valence-corrected chi connectivity index (χ1v) is 6.38. The Morgan fingerprint density at radius 2 is 2.21 bits per heavy atom. The van der Waals surface area contributed by atoms with Crippen molar-refractivity contribution in [3.05, 3.63) is 23.2 Å². The predicted octanol–water partition coefficient (Wildman–Crippen LogP) is 1.46. The van der Waals surface area contributed by atoms with E-state index < -0.39 is 5.97 Å². The third-order valence-corrected chi connectivity index (χ3v) is 3.49. The number of hydrogen-bond donors (Lipinski definition) is 1. The first-order chi connectivity index (χ1) is 8.99. The molecule has 1 N–H and O–H groups in total. The molecule has 2 heterocycles. The second-order valence-corrected chi connectivity index (χ2v) is 5.02. The van der Waals surface area contributed by atoms with E-state index in [0.717, 1.165) is 0 Å². The number of piperidine rings is 1. The lowest BCUT2D eigenvalue weighted by molar-refractivity contribution is -0.143. The molecule has 1 saturated heterocycles. The largest absolute Gasteiger partial charge is 0.481 e. The number of aliphatic carboxylic acids is 1. The van der Waals surface area contributed by atoms with Crippen molar-refractivity contribution in [2.45, 2.75) is 25.8 Å². The van der Waals surface area contributed by atoms with E-state index in [4.69, 9.17) is 16.7 Å². The Balaban J connectivity index is 2.11. The number of carboxylic acid groups (broad SMARTS) is 1. The topological polar surface area (TPSA) is 83.4 Å². The molecule has 1 aromatic rings. The molecule has 0 spiro atoms. The first kappa shape index (κ1) is 13.7. The number of hydrogen-bond acceptors (Lipinski definition) is 4. The summed E-state index contributed by atoms with van der Waals surface area (Å²) in [6.07, 6.45) is 3.64. The molecular weight excluding hydrogens is 270 g/mol. The fourth-order valence-corrected chi connectivity index (χ4v) is 2.44. The first-order valence-electron chi connectivity index (χ1n) is 6.00. The van der Waals surface area contributed by atoms with Gasteiger partial charge >= 0.3 is 5.97 Å². The van der Waals surface area contributed by atoms with Crippen molar-refractivity contribution in [1.29, 1.82) is 0 Å². The third kappa shape index (κ3) is 3.01. The highest BCUT2D eigenvalue weighted by molar-refractivity contribution is 6.29. The van der Waals surface area contributed by atoms with Gasteiger partial charge in [0, 0.05) is 12.6 Å². The van der Waals surface area contributed by atoms with Crippen molar-refractivity contribution in [3.63, 3.8) is 0 Å². The Labute approximate surface area is 115 Å². The van der Waals surface area contributed by atoms with Gasteiger partial charge in [-0.3, -0.25) is 14.6 Å². The van der Waals surface area contributed by atoms with Crippen molar-refractivity contribution < 1.29 is 14.7 Å². The minimum Gasteiger partial charge on any atom is -0.481 e. The molecule has 2 rings (SSSR count). The summed E-state index contributed by atoms with van der Waals surface area (Å²) in [5.74, 6) is -1.45. The number of carboxylic acids is 1. The van der Waals surface area contributed by atoms with Crippen molar-refractivity contribution in [3.8, 4) is 0 Å². The predicted molar refractivity (Wildman–Crippen MR) is 67.9 cm³/mol. The summed E-state index contributed by atoms with van der Waals surface area (Å²) in [7, 11) is 0. The zero-order valence-electron chi connectivity index (χ0n) is 10.4. The molecule has 0 radical (unpaired) electrons. The molecule has 102 valence electrons. The van der Waals surface area contributed by atoms with Crippen LogP contribution in [0.4, 0.5) is 0 Å². The van der Waals surface area contributed by atoms with E-state index in [1.165, 1.54) is 12.4 Å². The van der Waals surface area contributed by atoms with Gasteiger partial charge < -0.3 is 10.0 Å². The highest BCUT2D eigenvalue weighted by atomic mass is 35.5. The molecule has 7 heteroatoms. The smallest absolute Gasteiger partial charge is 0.306 e. The lowest BCUT2D eigenvalue weighted by Crippen LogP contribution is -2.46. The van der Waals surface area contributed by atoms with E-state index in [9.17, 15) is 9.59 Å². The van der Waals surface area contributed by atoms with Gasteiger partial charge in [0.05, 0.1) is 18.3 Å². The van der Waals surface area contributed by atoms with Gasteiger partial charge in [0.15, 0.2) is 0 Å². The Morgan fingerprint density at radius 1 is 1.47 bits per heavy atom. The summed E-state index contributed by atoms with van der Waals surface area (Å²) in [5.41, 5.74) is 0.188. The third-order valence-electron chi connectivity index (χ3n) is 3.31. The molecule has 1 fully saturated rings. The van der Waals surface area contributed by atoms with Crippen molar-refractivity contribution >= 4 is 23.5 Å². The summed E-state index contributed by atoms with van der Waals surface area (Å²) >= 11 is 5.71. The standard InChI is InChI=1S/C12H14ClN3O3/c1-7-4-8(12(18)19)2-3-16(7)11(17)9-5-14-6-10(13)15-9/h5-8H,2-4H2,1H3,(H,18,19). The summed E-state index contributed by atoms with van der Waals surface area (Å²) in [4.78, 5) is 32.6. The van der Waals surface area contributed by atoms with Crippen LogP contribution in [0.5, 0.6) is 0 Å². The zero-order valence-corrected chi connectivity index (χ0v) is 11.2. The number of amides is 1. The summed E-state index contributed by atoms with van der Waals surface area (Å²) in [6.45, 7) is 2.25. The van der Waals surface area contributed by atoms with Gasteiger partial charge in [0.1, 0.15) is 10.8 Å². The fraction of sp³-hybridized carbons (Fsp3) is 0.500. The van der Waals surface area contributed by atoms with Gasteiger partial charge in [0.25, 0.3) is 5.91 Å². The van der Waals surface area contributed by atoms with Crippen LogP contribution in [0, 0.1) is 5.92 Å². The van der Waals surface area contributed by atoms with E-state index in [1.807, 2.05) is 6.92 Å². The maximum absolute atomic E-state index is 12.3. The monoisotopic (exact) mass is 283 g/mol. The zero-order chi connectivity index (χ0) is 14.0. The molecule has 1 aliphatic rings. The van der Waals surface area contributed by atoms with Crippen LogP contribution in [-0.4, -0.2) is 44.4 Å². The number of nitrogens with zero attached hydrogens (tertiary/aromatic N) is 3. The Bertz CT molecular complexity index is 509. The van der Waals surface area contributed by atoms with Crippen LogP contribution in [0.25, 0.3) is 0 Å². The molecule has 1 aliphatic heterocycles. The maximum atomic E-state index is 12.3. The van der Waals surface area contributed by atoms with E-state index in [0.29, 0.717) is 19.4 Å². The summed E-state index contributed by atoms with van der Waals surface area (Å²) in [6, 6.07) is -0.136. The quantitative estimate of drug-likeness (QED) is 0.888. The van der Waals surface area contributed by atoms with E-state index >= 15 is 0 Å². The van der Waals surface area contributed by atoms with Crippen molar-refractivity contribution in [2.75, 3.05) is 6.54 Å². The average Bonchev–Trinajstić information content (AvgIpc) is 2.37. The Morgan fingerprint density at radius 3 is 2.79 bits per heavy atom. The van der Waals surface area contributed by atoms with Crippen LogP contribution in [0.2, 0.25) is 5.15 Å². The van der Waals surface area contributed by atoms with Gasteiger partial charge in [-0.2, -0.15) is 0 Å². The van der Waals surface area contributed by atoms with Gasteiger partial charge in [0.2, 0.25) is 0 Å². The number of carbonyl (C=O) groups excluding carboxylic acids is 1. The molecule has 6 nitrogen and oxygen atoms in total. The van der Waals surface area contributed by atoms with Gasteiger partial charge in [-0.15, -0.1) is 0 Å². The Hall–Kier alpha value is -1.69. The van der Waals surface area contributed by atoms with Crippen LogP contribution < -0.4 is 0 Å². The lowest BCUT2D eigenvalue weighted by atomic mass is 9.91. The number of aromatic nitrogens is 2. The molecule has 2 unspecified atom stereocenters. The average molecular weight is 284 g/mol. The molecule has 1 aromatic heterocycles. The van der Waals surface area contributed by atoms with Crippen LogP contribution in [0.1, 0.15) is 30.3 Å². The minimum absolute atomic E-state index is 0.136. The highest BCUT2D eigenvalue weighted by Gasteiger charge is 2.33. The number of likely N-dealkylation sites (tertiary alicyclic amines) is 1. The highest BCUT2D eigenvalue weighted by Crippen LogP contribution is 2.24. The van der Waals surface area contributed by atoms with Crippen LogP contribution in [0.3, 0.4) is 0 Å². The summed E-state index contributed by atoms with van der Waals surface area (Å²) in [5, 5.41) is 9.16. The molecule has 2 atom stereocenters. The second kappa shape index (κ2) is 5.52. The van der Waals surface area contributed by atoms with Gasteiger partial charge in [-0.05, 0) is 19.8 Å². The van der Waals surface area contributed by atoms with Gasteiger partial charge in [-0.1, -0.05) is 11.6 Å². The van der Waals surface area contributed by atoms with Crippen molar-refractivity contribution in [1.82, 2.24) is 14.9 Å². The molecule has 0 bridgehead atoms. The van der Waals surface area contributed by atoms with E-state index in [-0.39, 0.29) is 28.7 Å². The van der Waals surface area contributed by atoms with Crippen LogP contribution in [0.15, 0.2) is 12.4 Å². The molecule has 0 saturated carbocycles. The Kier molecular flexibility index (Phi) is 3.99. The fourth-order valence-electron chi connectivity index (χ4n) is 2.29. The molecular formula is C12H14ClN3O3. The minimum atomic E-state index is -0.804. The van der Waals surface area contributed by atoms with Crippen LogP contribution in [-0.2, 0) is 4.79 Å². The summed E-state index contributed by atoms with van der Waals surface area (Å²) < 4.78 is 0. The van der Waals surface area contributed by atoms with E-state index in [1.54, 1.807) is 4.90 Å². The lowest BCUT2D eigenvalue weighted by Gasteiger charge is -2.35. The van der Waals surface area contributed by atoms with Gasteiger partial charge in [-0.25, -0.2) is 4.98 Å². The molecule has 1 amide bonds. The SMILES string of the molecule is CC1CC(C(=O)O)CCN1C(=O)c1cncc(Cl)n1. The normalized spacial score (nSPS) is 23.2. The number of halogens is 1. The van der Waals surface area contributed by atoms with Crippen LogP contribution >= 0.6 is 11.6 Å². The van der Waals surface area contributed by atoms with E-state index in [2.05, 4.69) is 9.97 Å². The molecule has 0 aromatic carbocycles. The maximum Gasteiger partial charge on any atom is 0.306 e.